The summed E-state index contributed by atoms with van der Waals surface area (Å²) in [5.74, 6) is 0. The predicted octanol–water partition coefficient (Wildman–Crippen LogP) is -0.524. The zero-order valence-corrected chi connectivity index (χ0v) is 10.6. The summed E-state index contributed by atoms with van der Waals surface area (Å²) in [6, 6.07) is 0. The number of imidazole rings is 1. The number of hydrogen-bond donors (Lipinski definition) is 3. The van der Waals surface area contributed by atoms with Crippen LogP contribution >= 0.6 is 0 Å². The highest BCUT2D eigenvalue weighted by Crippen LogP contribution is 2.10. The Morgan fingerprint density at radius 2 is 2.35 bits per heavy atom. The van der Waals surface area contributed by atoms with Crippen LogP contribution in [0, 0.1) is 0 Å². The minimum absolute atomic E-state index is 0.0277. The molecule has 1 aromatic rings. The number of aromatic amines is 1. The summed E-state index contributed by atoms with van der Waals surface area (Å²) < 4.78 is 30.5. The molecular weight excluding hydrogens is 246 g/mol. The van der Waals surface area contributed by atoms with Crippen LogP contribution in [0.1, 0.15) is 13.3 Å². The zero-order valence-electron chi connectivity index (χ0n) is 9.80. The van der Waals surface area contributed by atoms with E-state index in [1.54, 1.807) is 6.92 Å². The van der Waals surface area contributed by atoms with Crippen molar-refractivity contribution in [2.75, 3.05) is 20.3 Å². The van der Waals surface area contributed by atoms with Crippen molar-refractivity contribution in [2.45, 2.75) is 24.0 Å². The van der Waals surface area contributed by atoms with Crippen LogP contribution in [0.15, 0.2) is 17.6 Å². The maximum absolute atomic E-state index is 11.7. The van der Waals surface area contributed by atoms with E-state index >= 15 is 0 Å². The van der Waals surface area contributed by atoms with Crippen molar-refractivity contribution in [2.24, 2.45) is 0 Å². The largest absolute Gasteiger partial charge is 0.389 e. The van der Waals surface area contributed by atoms with Crippen LogP contribution in [0.2, 0.25) is 0 Å². The smallest absolute Gasteiger partial charge is 0.257 e. The van der Waals surface area contributed by atoms with Crippen molar-refractivity contribution in [3.05, 3.63) is 12.5 Å². The topological polar surface area (TPSA) is 104 Å². The highest BCUT2D eigenvalue weighted by Gasteiger charge is 2.24. The van der Waals surface area contributed by atoms with Gasteiger partial charge in [-0.15, -0.1) is 0 Å². The van der Waals surface area contributed by atoms with Gasteiger partial charge >= 0.3 is 0 Å². The van der Waals surface area contributed by atoms with Gasteiger partial charge < -0.3 is 14.8 Å². The first-order valence-electron chi connectivity index (χ1n) is 5.07. The second kappa shape index (κ2) is 5.58. The molecule has 0 amide bonds. The van der Waals surface area contributed by atoms with Gasteiger partial charge in [0, 0.05) is 26.7 Å². The highest BCUT2D eigenvalue weighted by molar-refractivity contribution is 7.89. The molecule has 0 aliphatic carbocycles. The highest BCUT2D eigenvalue weighted by atomic mass is 32.2. The minimum atomic E-state index is -3.64. The summed E-state index contributed by atoms with van der Waals surface area (Å²) in [7, 11) is -2.13. The molecule has 0 aliphatic heterocycles. The van der Waals surface area contributed by atoms with Gasteiger partial charge in [-0.2, -0.15) is 0 Å². The number of hydrogen-bond acceptors (Lipinski definition) is 5. The van der Waals surface area contributed by atoms with E-state index < -0.39 is 15.6 Å². The van der Waals surface area contributed by atoms with Gasteiger partial charge in [0.1, 0.15) is 0 Å². The average Bonchev–Trinajstić information content (AvgIpc) is 2.78. The molecule has 1 atom stereocenters. The molecule has 0 saturated heterocycles. The summed E-state index contributed by atoms with van der Waals surface area (Å²) in [4.78, 5) is 6.11. The van der Waals surface area contributed by atoms with Crippen LogP contribution in [-0.2, 0) is 14.8 Å². The van der Waals surface area contributed by atoms with Gasteiger partial charge in [0.2, 0.25) is 0 Å². The van der Waals surface area contributed by atoms with E-state index in [0.717, 1.165) is 0 Å². The second-order valence-corrected chi connectivity index (χ2v) is 5.72. The SMILES string of the molecule is COCCC(C)(O)CNS(=O)(=O)c1cnc[nH]1. The molecule has 0 fully saturated rings. The van der Waals surface area contributed by atoms with Gasteiger partial charge in [0.05, 0.1) is 18.1 Å². The van der Waals surface area contributed by atoms with Crippen LogP contribution in [0.25, 0.3) is 0 Å². The van der Waals surface area contributed by atoms with E-state index in [9.17, 15) is 13.5 Å². The number of ether oxygens (including phenoxy) is 1. The van der Waals surface area contributed by atoms with E-state index in [0.29, 0.717) is 13.0 Å². The number of aromatic nitrogens is 2. The minimum Gasteiger partial charge on any atom is -0.389 e. The maximum atomic E-state index is 11.7. The lowest BCUT2D eigenvalue weighted by atomic mass is 10.0. The number of aliphatic hydroxyl groups is 1. The lowest BCUT2D eigenvalue weighted by molar-refractivity contribution is 0.0292. The van der Waals surface area contributed by atoms with Crippen LogP contribution < -0.4 is 4.72 Å². The van der Waals surface area contributed by atoms with Gasteiger partial charge in [-0.25, -0.2) is 18.1 Å². The summed E-state index contributed by atoms with van der Waals surface area (Å²) in [6.45, 7) is 1.82. The number of rotatable bonds is 7. The third kappa shape index (κ3) is 4.43. The molecule has 7 nitrogen and oxygen atoms in total. The Hall–Kier alpha value is -0.960. The van der Waals surface area contributed by atoms with E-state index in [1.807, 2.05) is 0 Å². The summed E-state index contributed by atoms with van der Waals surface area (Å²) in [5.41, 5.74) is -1.15. The first-order valence-corrected chi connectivity index (χ1v) is 6.55. The molecule has 0 saturated carbocycles. The molecule has 1 rings (SSSR count). The van der Waals surface area contributed by atoms with Crippen LogP contribution in [0.5, 0.6) is 0 Å². The average molecular weight is 263 g/mol. The molecular formula is C9H17N3O4S. The Kier molecular flexibility index (Phi) is 4.63. The molecule has 3 N–H and O–H groups in total. The number of nitrogens with zero attached hydrogens (tertiary/aromatic N) is 1. The summed E-state index contributed by atoms with van der Waals surface area (Å²) in [5, 5.41) is 9.85. The number of H-pyrrole nitrogens is 1. The fourth-order valence-electron chi connectivity index (χ4n) is 1.13. The molecule has 1 heterocycles. The zero-order chi connectivity index (χ0) is 12.9. The number of nitrogens with one attached hydrogen (secondary N) is 2. The molecule has 8 heteroatoms. The van der Waals surface area contributed by atoms with Crippen LogP contribution in [0.4, 0.5) is 0 Å². The van der Waals surface area contributed by atoms with Crippen molar-refractivity contribution in [1.82, 2.24) is 14.7 Å². The predicted molar refractivity (Wildman–Crippen MR) is 60.9 cm³/mol. The van der Waals surface area contributed by atoms with Gasteiger partial charge in [-0.1, -0.05) is 0 Å². The molecule has 0 aromatic carbocycles. The third-order valence-corrected chi connectivity index (χ3v) is 3.58. The third-order valence-electron chi connectivity index (χ3n) is 2.25. The Balaban J connectivity index is 2.56. The Morgan fingerprint density at radius 3 is 2.88 bits per heavy atom. The van der Waals surface area contributed by atoms with Crippen molar-refractivity contribution >= 4 is 10.0 Å². The lowest BCUT2D eigenvalue weighted by Gasteiger charge is -2.22. The van der Waals surface area contributed by atoms with E-state index in [1.165, 1.54) is 19.6 Å². The number of sulfonamides is 1. The van der Waals surface area contributed by atoms with Crippen molar-refractivity contribution < 1.29 is 18.3 Å². The van der Waals surface area contributed by atoms with Crippen molar-refractivity contribution in [3.8, 4) is 0 Å². The van der Waals surface area contributed by atoms with Gasteiger partial charge in [0.25, 0.3) is 10.0 Å². The van der Waals surface area contributed by atoms with E-state index in [2.05, 4.69) is 14.7 Å². The Morgan fingerprint density at radius 1 is 1.65 bits per heavy atom. The van der Waals surface area contributed by atoms with Gasteiger partial charge in [-0.3, -0.25) is 0 Å². The molecule has 17 heavy (non-hydrogen) atoms. The quantitative estimate of drug-likeness (QED) is 0.614. The second-order valence-electron chi connectivity index (χ2n) is 3.98. The summed E-state index contributed by atoms with van der Waals surface area (Å²) in [6.07, 6.45) is 2.82. The standard InChI is InChI=1S/C9H17N3O4S/c1-9(13,3-4-16-2)6-12-17(14,15)8-5-10-7-11-8/h5,7,12-13H,3-4,6H2,1-2H3,(H,10,11). The molecule has 0 spiro atoms. The molecule has 1 unspecified atom stereocenters. The molecule has 0 aliphatic rings. The van der Waals surface area contributed by atoms with E-state index in [4.69, 9.17) is 4.74 Å². The molecule has 98 valence electrons. The number of methoxy groups -OCH3 is 1. The van der Waals surface area contributed by atoms with Gasteiger partial charge in [-0.05, 0) is 6.92 Å². The fraction of sp³-hybridized carbons (Fsp3) is 0.667. The lowest BCUT2D eigenvalue weighted by Crippen LogP contribution is -2.41. The van der Waals surface area contributed by atoms with Crippen molar-refractivity contribution in [1.29, 1.82) is 0 Å². The normalized spacial score (nSPS) is 15.7. The first-order chi connectivity index (χ1) is 7.87. The van der Waals surface area contributed by atoms with Gasteiger partial charge in [0.15, 0.2) is 5.03 Å². The molecule has 0 bridgehead atoms. The monoisotopic (exact) mass is 263 g/mol. The Bertz CT molecular complexity index is 427. The van der Waals surface area contributed by atoms with E-state index in [-0.39, 0.29) is 11.6 Å². The maximum Gasteiger partial charge on any atom is 0.257 e. The van der Waals surface area contributed by atoms with Crippen LogP contribution in [-0.4, -0.2) is 49.4 Å². The Labute approximate surface area is 100 Å². The van der Waals surface area contributed by atoms with Crippen LogP contribution in [0.3, 0.4) is 0 Å². The fourth-order valence-corrected chi connectivity index (χ4v) is 2.19. The van der Waals surface area contributed by atoms with Crippen molar-refractivity contribution in [3.63, 3.8) is 0 Å². The first kappa shape index (κ1) is 14.1. The summed E-state index contributed by atoms with van der Waals surface area (Å²) >= 11 is 0. The molecule has 1 aromatic heterocycles. The molecule has 0 radical (unpaired) electrons.